The fourth-order valence-corrected chi connectivity index (χ4v) is 5.86. The fraction of sp³-hybridized carbons (Fsp3) is 0.478. The van der Waals surface area contributed by atoms with Gasteiger partial charge in [-0.1, -0.05) is 30.5 Å². The van der Waals surface area contributed by atoms with Crippen molar-refractivity contribution in [2.45, 2.75) is 56.9 Å². The van der Waals surface area contributed by atoms with E-state index >= 15 is 0 Å². The first kappa shape index (κ1) is 16.2. The Labute approximate surface area is 155 Å². The summed E-state index contributed by atoms with van der Waals surface area (Å²) in [5, 5.41) is 18.0. The van der Waals surface area contributed by atoms with Crippen molar-refractivity contribution in [1.82, 2.24) is 5.32 Å². The van der Waals surface area contributed by atoms with E-state index in [9.17, 15) is 5.11 Å². The summed E-state index contributed by atoms with van der Waals surface area (Å²) < 4.78 is 0. The predicted molar refractivity (Wildman–Crippen MR) is 106 cm³/mol. The molecule has 0 amide bonds. The van der Waals surface area contributed by atoms with Gasteiger partial charge in [-0.05, 0) is 80.5 Å². The molecule has 0 radical (unpaired) electrons. The summed E-state index contributed by atoms with van der Waals surface area (Å²) in [6.45, 7) is 3.20. The molecule has 0 unspecified atom stereocenters. The van der Waals surface area contributed by atoms with Crippen LogP contribution < -0.4 is 10.6 Å². The molecule has 3 atom stereocenters. The third kappa shape index (κ3) is 2.44. The summed E-state index contributed by atoms with van der Waals surface area (Å²) in [6.07, 6.45) is 7.61. The quantitative estimate of drug-likeness (QED) is 0.684. The van der Waals surface area contributed by atoms with Crippen LogP contribution in [-0.2, 0) is 11.8 Å². The zero-order chi connectivity index (χ0) is 17.7. The second kappa shape index (κ2) is 6.02. The van der Waals surface area contributed by atoms with Crippen molar-refractivity contribution in [2.75, 3.05) is 11.9 Å². The predicted octanol–water partition coefficient (Wildman–Crippen LogP) is 4.79. The lowest BCUT2D eigenvalue weighted by molar-refractivity contribution is 0.0796. The molecular formula is C23H28N2O. The van der Waals surface area contributed by atoms with Crippen molar-refractivity contribution in [3.63, 3.8) is 0 Å². The van der Waals surface area contributed by atoms with E-state index in [2.05, 4.69) is 54.0 Å². The Bertz CT molecular complexity index is 825. The van der Waals surface area contributed by atoms with Gasteiger partial charge in [0, 0.05) is 17.1 Å². The first-order valence-corrected chi connectivity index (χ1v) is 10.1. The lowest BCUT2D eigenvalue weighted by Gasteiger charge is -2.56. The van der Waals surface area contributed by atoms with E-state index in [0.717, 1.165) is 30.3 Å². The van der Waals surface area contributed by atoms with Crippen LogP contribution >= 0.6 is 0 Å². The summed E-state index contributed by atoms with van der Waals surface area (Å²) in [4.78, 5) is 0. The van der Waals surface area contributed by atoms with Gasteiger partial charge in [-0.15, -0.1) is 0 Å². The monoisotopic (exact) mass is 348 g/mol. The van der Waals surface area contributed by atoms with Crippen LogP contribution in [0.5, 0.6) is 5.75 Å². The van der Waals surface area contributed by atoms with Gasteiger partial charge in [-0.25, -0.2) is 0 Å². The van der Waals surface area contributed by atoms with Gasteiger partial charge >= 0.3 is 0 Å². The number of rotatable bonds is 2. The molecule has 2 aromatic rings. The lowest BCUT2D eigenvalue weighted by atomic mass is 9.53. The Balaban J connectivity index is 1.55. The largest absolute Gasteiger partial charge is 0.506 e. The summed E-state index contributed by atoms with van der Waals surface area (Å²) in [5.74, 6) is 1.13. The molecule has 1 saturated carbocycles. The molecule has 3 N–H and O–H groups in total. The standard InChI is InChI=1S/C23H28N2O/c1-15-5-7-17(8-6-15)25-21-13-16-12-20-18-4-2-3-9-23(18,10-11-24-20)19(16)14-22(21)26/h5-8,13-14,18,20,24-26H,2-4,9-12H2,1H3/t18-,20+,23+/m1/s1. The van der Waals surface area contributed by atoms with E-state index in [1.165, 1.54) is 48.8 Å². The van der Waals surface area contributed by atoms with Crippen LogP contribution in [0, 0.1) is 12.8 Å². The summed E-state index contributed by atoms with van der Waals surface area (Å²) in [6, 6.07) is 13.2. The van der Waals surface area contributed by atoms with Gasteiger partial charge in [0.15, 0.2) is 0 Å². The highest BCUT2D eigenvalue weighted by Crippen LogP contribution is 2.55. The first-order valence-electron chi connectivity index (χ1n) is 10.1. The molecule has 2 aromatic carbocycles. The number of piperidine rings is 1. The zero-order valence-electron chi connectivity index (χ0n) is 15.5. The third-order valence-corrected chi connectivity index (χ3v) is 7.09. The molecule has 26 heavy (non-hydrogen) atoms. The number of anilines is 2. The third-order valence-electron chi connectivity index (χ3n) is 7.09. The van der Waals surface area contributed by atoms with Crippen LogP contribution in [0.4, 0.5) is 11.4 Å². The Hall–Kier alpha value is -2.00. The number of aryl methyl sites for hydroxylation is 1. The van der Waals surface area contributed by atoms with Gasteiger partial charge in [0.25, 0.3) is 0 Å². The normalized spacial score (nSPS) is 29.6. The van der Waals surface area contributed by atoms with E-state index in [1.54, 1.807) is 0 Å². The Kier molecular flexibility index (Phi) is 3.75. The van der Waals surface area contributed by atoms with E-state index in [1.807, 2.05) is 0 Å². The second-order valence-corrected chi connectivity index (χ2v) is 8.54. The Morgan fingerprint density at radius 3 is 2.81 bits per heavy atom. The van der Waals surface area contributed by atoms with Crippen molar-refractivity contribution in [2.24, 2.45) is 5.92 Å². The van der Waals surface area contributed by atoms with Crippen molar-refractivity contribution in [3.8, 4) is 5.75 Å². The number of hydrogen-bond donors (Lipinski definition) is 3. The van der Waals surface area contributed by atoms with Gasteiger partial charge in [0.2, 0.25) is 0 Å². The molecule has 1 aliphatic heterocycles. The molecule has 136 valence electrons. The van der Waals surface area contributed by atoms with Crippen LogP contribution in [-0.4, -0.2) is 17.7 Å². The maximum absolute atomic E-state index is 10.8. The molecule has 5 rings (SSSR count). The molecule has 3 aliphatic rings. The minimum Gasteiger partial charge on any atom is -0.506 e. The van der Waals surface area contributed by atoms with Crippen molar-refractivity contribution >= 4 is 11.4 Å². The zero-order valence-corrected chi connectivity index (χ0v) is 15.5. The van der Waals surface area contributed by atoms with Gasteiger partial charge in [-0.3, -0.25) is 0 Å². The molecule has 1 saturated heterocycles. The highest BCUT2D eigenvalue weighted by molar-refractivity contribution is 5.69. The summed E-state index contributed by atoms with van der Waals surface area (Å²) >= 11 is 0. The SMILES string of the molecule is Cc1ccc(Nc2cc3c(cc2O)[C@]24CCCC[C@@H]2[C@H](C3)NCC4)cc1. The Morgan fingerprint density at radius 2 is 1.96 bits per heavy atom. The molecule has 2 aliphatic carbocycles. The number of benzene rings is 2. The van der Waals surface area contributed by atoms with Gasteiger partial charge < -0.3 is 15.7 Å². The molecule has 0 spiro atoms. The second-order valence-electron chi connectivity index (χ2n) is 8.54. The smallest absolute Gasteiger partial charge is 0.139 e. The fourth-order valence-electron chi connectivity index (χ4n) is 5.86. The van der Waals surface area contributed by atoms with Crippen LogP contribution in [0.25, 0.3) is 0 Å². The average Bonchev–Trinajstić information content (AvgIpc) is 2.65. The van der Waals surface area contributed by atoms with Crippen LogP contribution in [0.15, 0.2) is 36.4 Å². The molecule has 2 bridgehead atoms. The minimum atomic E-state index is 0.293. The van der Waals surface area contributed by atoms with Crippen LogP contribution in [0.3, 0.4) is 0 Å². The maximum Gasteiger partial charge on any atom is 0.139 e. The molecular weight excluding hydrogens is 320 g/mol. The van der Waals surface area contributed by atoms with Crippen LogP contribution in [0.1, 0.15) is 48.8 Å². The van der Waals surface area contributed by atoms with Crippen molar-refractivity contribution < 1.29 is 5.11 Å². The topological polar surface area (TPSA) is 44.3 Å². The van der Waals surface area contributed by atoms with Crippen LogP contribution in [0.2, 0.25) is 0 Å². The lowest BCUT2D eigenvalue weighted by Crippen LogP contribution is -2.59. The van der Waals surface area contributed by atoms with Gasteiger partial charge in [0.1, 0.15) is 5.75 Å². The van der Waals surface area contributed by atoms with Crippen molar-refractivity contribution in [1.29, 1.82) is 0 Å². The summed E-state index contributed by atoms with van der Waals surface area (Å²) in [7, 11) is 0. The Morgan fingerprint density at radius 1 is 1.12 bits per heavy atom. The number of hydrogen-bond acceptors (Lipinski definition) is 3. The van der Waals surface area contributed by atoms with Crippen molar-refractivity contribution in [3.05, 3.63) is 53.1 Å². The van der Waals surface area contributed by atoms with E-state index < -0.39 is 0 Å². The molecule has 0 aromatic heterocycles. The van der Waals surface area contributed by atoms with Gasteiger partial charge in [-0.2, -0.15) is 0 Å². The average molecular weight is 348 g/mol. The highest BCUT2D eigenvalue weighted by Gasteiger charge is 2.51. The molecule has 3 nitrogen and oxygen atoms in total. The van der Waals surface area contributed by atoms with Gasteiger partial charge in [0.05, 0.1) is 5.69 Å². The minimum absolute atomic E-state index is 0.293. The summed E-state index contributed by atoms with van der Waals surface area (Å²) in [5.41, 5.74) is 6.25. The number of phenolic OH excluding ortho intramolecular Hbond substituents is 1. The van der Waals surface area contributed by atoms with E-state index in [4.69, 9.17) is 0 Å². The number of nitrogens with one attached hydrogen (secondary N) is 2. The number of fused-ring (bicyclic) bond motifs is 1. The van der Waals surface area contributed by atoms with E-state index in [-0.39, 0.29) is 0 Å². The highest BCUT2D eigenvalue weighted by atomic mass is 16.3. The number of aromatic hydroxyl groups is 1. The first-order chi connectivity index (χ1) is 12.7. The van der Waals surface area contributed by atoms with E-state index in [0.29, 0.717) is 17.2 Å². The molecule has 1 heterocycles. The molecule has 2 fully saturated rings. The molecule has 3 heteroatoms. The maximum atomic E-state index is 10.8. The number of phenols is 1.